The van der Waals surface area contributed by atoms with Crippen LogP contribution < -0.4 is 15.5 Å². The summed E-state index contributed by atoms with van der Waals surface area (Å²) in [4.78, 5) is 14.0. The first-order valence-electron chi connectivity index (χ1n) is 10.3. The number of anilines is 1. The number of aromatic nitrogens is 1. The monoisotopic (exact) mass is 414 g/mol. The van der Waals surface area contributed by atoms with Crippen LogP contribution in [-0.2, 0) is 13.0 Å². The van der Waals surface area contributed by atoms with E-state index in [0.717, 1.165) is 68.1 Å². The van der Waals surface area contributed by atoms with E-state index in [0.29, 0.717) is 6.54 Å². The predicted molar refractivity (Wildman–Crippen MR) is 122 cm³/mol. The summed E-state index contributed by atoms with van der Waals surface area (Å²) in [5, 5.41) is 7.46. The summed E-state index contributed by atoms with van der Waals surface area (Å²) >= 11 is 5.94. The highest BCUT2D eigenvalue weighted by Gasteiger charge is 2.14. The number of aliphatic imine (C=N–C) groups is 1. The summed E-state index contributed by atoms with van der Waals surface area (Å²) in [7, 11) is 2.16. The van der Waals surface area contributed by atoms with Gasteiger partial charge in [-0.2, -0.15) is 0 Å². The second-order valence-electron chi connectivity index (χ2n) is 7.31. The van der Waals surface area contributed by atoms with Gasteiger partial charge >= 0.3 is 0 Å². The van der Waals surface area contributed by atoms with Crippen LogP contribution in [0.2, 0.25) is 5.02 Å². The summed E-state index contributed by atoms with van der Waals surface area (Å²) in [6.45, 7) is 8.55. The Hall–Kier alpha value is -2.31. The molecule has 7 heteroatoms. The van der Waals surface area contributed by atoms with Gasteiger partial charge < -0.3 is 20.4 Å². The summed E-state index contributed by atoms with van der Waals surface area (Å²) < 4.78 is 0. The molecular weight excluding hydrogens is 384 g/mol. The van der Waals surface area contributed by atoms with Gasteiger partial charge in [0.1, 0.15) is 5.82 Å². The van der Waals surface area contributed by atoms with Crippen molar-refractivity contribution in [1.82, 2.24) is 20.5 Å². The van der Waals surface area contributed by atoms with Crippen LogP contribution in [0.3, 0.4) is 0 Å². The average molecular weight is 415 g/mol. The summed E-state index contributed by atoms with van der Waals surface area (Å²) in [5.74, 6) is 1.88. The van der Waals surface area contributed by atoms with Gasteiger partial charge in [-0.25, -0.2) is 9.98 Å². The summed E-state index contributed by atoms with van der Waals surface area (Å²) in [5.41, 5.74) is 2.36. The van der Waals surface area contributed by atoms with Crippen molar-refractivity contribution >= 4 is 23.4 Å². The Morgan fingerprint density at radius 2 is 1.76 bits per heavy atom. The Labute approximate surface area is 179 Å². The van der Waals surface area contributed by atoms with E-state index in [-0.39, 0.29) is 0 Å². The third-order valence-electron chi connectivity index (χ3n) is 5.02. The van der Waals surface area contributed by atoms with Crippen molar-refractivity contribution in [1.29, 1.82) is 0 Å². The molecule has 0 unspecified atom stereocenters. The molecule has 2 N–H and O–H groups in total. The molecule has 1 aromatic carbocycles. The van der Waals surface area contributed by atoms with Crippen LogP contribution in [0.15, 0.2) is 47.6 Å². The van der Waals surface area contributed by atoms with Crippen LogP contribution in [0.25, 0.3) is 0 Å². The number of nitrogens with one attached hydrogen (secondary N) is 2. The lowest BCUT2D eigenvalue weighted by Gasteiger charge is -2.33. The quantitative estimate of drug-likeness (QED) is 0.539. The first kappa shape index (κ1) is 21.4. The van der Waals surface area contributed by atoms with E-state index < -0.39 is 0 Å². The van der Waals surface area contributed by atoms with Crippen molar-refractivity contribution in [3.63, 3.8) is 0 Å². The van der Waals surface area contributed by atoms with Crippen molar-refractivity contribution < 1.29 is 0 Å². The highest BCUT2D eigenvalue weighted by molar-refractivity contribution is 6.30. The fraction of sp³-hybridized carbons (Fsp3) is 0.455. The Kier molecular flexibility index (Phi) is 8.14. The molecule has 1 aromatic heterocycles. The molecule has 0 amide bonds. The standard InChI is InChI=1S/C22H31ClN6/c1-3-24-22(25-11-10-18-4-7-20(23)8-5-18)27-17-19-6-9-21(26-16-19)29-14-12-28(2)13-15-29/h4-9,16H,3,10-15,17H2,1-2H3,(H2,24,25,27). The van der Waals surface area contributed by atoms with Gasteiger partial charge in [-0.05, 0) is 49.7 Å². The molecule has 1 aliphatic heterocycles. The van der Waals surface area contributed by atoms with Crippen LogP contribution in [0, 0.1) is 0 Å². The fourth-order valence-electron chi connectivity index (χ4n) is 3.22. The maximum Gasteiger partial charge on any atom is 0.191 e. The molecule has 29 heavy (non-hydrogen) atoms. The SMILES string of the molecule is CCNC(=NCc1ccc(N2CCN(C)CC2)nc1)NCCc1ccc(Cl)cc1. The van der Waals surface area contributed by atoms with Gasteiger partial charge in [0.05, 0.1) is 6.54 Å². The zero-order valence-corrected chi connectivity index (χ0v) is 18.1. The van der Waals surface area contributed by atoms with Gasteiger partial charge in [0.25, 0.3) is 0 Å². The third kappa shape index (κ3) is 6.91. The summed E-state index contributed by atoms with van der Waals surface area (Å²) in [6.07, 6.45) is 2.86. The lowest BCUT2D eigenvalue weighted by molar-refractivity contribution is 0.312. The average Bonchev–Trinajstić information content (AvgIpc) is 2.74. The van der Waals surface area contributed by atoms with E-state index in [4.69, 9.17) is 16.6 Å². The highest BCUT2D eigenvalue weighted by atomic mass is 35.5. The number of rotatable bonds is 7. The number of hydrogen-bond acceptors (Lipinski definition) is 4. The van der Waals surface area contributed by atoms with Gasteiger partial charge in [0, 0.05) is 50.5 Å². The molecule has 3 rings (SSSR count). The molecule has 2 aromatic rings. The number of benzene rings is 1. The minimum absolute atomic E-state index is 0.603. The van der Waals surface area contributed by atoms with E-state index in [1.54, 1.807) is 0 Å². The maximum absolute atomic E-state index is 5.94. The Bertz CT molecular complexity index is 767. The second-order valence-corrected chi connectivity index (χ2v) is 7.75. The van der Waals surface area contributed by atoms with Crippen LogP contribution in [0.4, 0.5) is 5.82 Å². The third-order valence-corrected chi connectivity index (χ3v) is 5.27. The molecule has 0 aliphatic carbocycles. The van der Waals surface area contributed by atoms with E-state index in [1.165, 1.54) is 5.56 Å². The van der Waals surface area contributed by atoms with Gasteiger partial charge in [-0.15, -0.1) is 0 Å². The van der Waals surface area contributed by atoms with E-state index in [9.17, 15) is 0 Å². The van der Waals surface area contributed by atoms with Crippen LogP contribution in [0.1, 0.15) is 18.1 Å². The molecule has 0 saturated carbocycles. The van der Waals surface area contributed by atoms with Gasteiger partial charge in [0.2, 0.25) is 0 Å². The Morgan fingerprint density at radius 3 is 2.41 bits per heavy atom. The molecule has 1 saturated heterocycles. The lowest BCUT2D eigenvalue weighted by Crippen LogP contribution is -2.44. The van der Waals surface area contributed by atoms with E-state index in [2.05, 4.69) is 63.7 Å². The molecule has 0 bridgehead atoms. The van der Waals surface area contributed by atoms with Crippen molar-refractivity contribution in [2.75, 3.05) is 51.2 Å². The number of guanidine groups is 1. The molecule has 6 nitrogen and oxygen atoms in total. The zero-order valence-electron chi connectivity index (χ0n) is 17.4. The fourth-order valence-corrected chi connectivity index (χ4v) is 3.35. The molecule has 1 fully saturated rings. The number of pyridine rings is 1. The molecule has 156 valence electrons. The number of hydrogen-bond donors (Lipinski definition) is 2. The van der Waals surface area contributed by atoms with Gasteiger partial charge in [0.15, 0.2) is 5.96 Å². The smallest absolute Gasteiger partial charge is 0.191 e. The van der Waals surface area contributed by atoms with Crippen LogP contribution >= 0.6 is 11.6 Å². The highest BCUT2D eigenvalue weighted by Crippen LogP contribution is 2.14. The van der Waals surface area contributed by atoms with Crippen molar-refractivity contribution in [3.05, 3.63) is 58.7 Å². The van der Waals surface area contributed by atoms with E-state index in [1.807, 2.05) is 18.3 Å². The lowest BCUT2D eigenvalue weighted by atomic mass is 10.1. The summed E-state index contributed by atoms with van der Waals surface area (Å²) in [6, 6.07) is 12.2. The molecule has 0 spiro atoms. The predicted octanol–water partition coefficient (Wildman–Crippen LogP) is 2.78. The largest absolute Gasteiger partial charge is 0.357 e. The molecule has 2 heterocycles. The van der Waals surface area contributed by atoms with Crippen LogP contribution in [0.5, 0.6) is 0 Å². The van der Waals surface area contributed by atoms with Crippen molar-refractivity contribution in [2.45, 2.75) is 19.9 Å². The first-order chi connectivity index (χ1) is 14.1. The number of nitrogens with zero attached hydrogens (tertiary/aromatic N) is 4. The van der Waals surface area contributed by atoms with E-state index >= 15 is 0 Å². The number of piperazine rings is 1. The molecule has 0 atom stereocenters. The number of likely N-dealkylation sites (N-methyl/N-ethyl adjacent to an activating group) is 1. The van der Waals surface area contributed by atoms with Gasteiger partial charge in [-0.1, -0.05) is 29.8 Å². The topological polar surface area (TPSA) is 55.8 Å². The van der Waals surface area contributed by atoms with Crippen molar-refractivity contribution in [2.24, 2.45) is 4.99 Å². The number of halogens is 1. The molecule has 1 aliphatic rings. The minimum Gasteiger partial charge on any atom is -0.357 e. The molecular formula is C22H31ClN6. The second kappa shape index (κ2) is 11.0. The maximum atomic E-state index is 5.94. The Morgan fingerprint density at radius 1 is 1.03 bits per heavy atom. The minimum atomic E-state index is 0.603. The zero-order chi connectivity index (χ0) is 20.5. The normalized spacial score (nSPS) is 15.4. The Balaban J connectivity index is 1.50. The van der Waals surface area contributed by atoms with Crippen LogP contribution in [-0.4, -0.2) is 62.2 Å². The first-order valence-corrected chi connectivity index (χ1v) is 10.7. The van der Waals surface area contributed by atoms with Crippen molar-refractivity contribution in [3.8, 4) is 0 Å². The van der Waals surface area contributed by atoms with Gasteiger partial charge in [-0.3, -0.25) is 0 Å². The molecule has 0 radical (unpaired) electrons.